The van der Waals surface area contributed by atoms with E-state index in [2.05, 4.69) is 11.6 Å². The van der Waals surface area contributed by atoms with Gasteiger partial charge in [-0.15, -0.1) is 6.58 Å². The van der Waals surface area contributed by atoms with Gasteiger partial charge in [-0.05, 0) is 18.9 Å². The van der Waals surface area contributed by atoms with E-state index in [1.165, 1.54) is 18.3 Å². The van der Waals surface area contributed by atoms with Crippen molar-refractivity contribution in [1.82, 2.24) is 4.98 Å². The molecule has 0 atom stereocenters. The molecule has 0 spiro atoms. The monoisotopic (exact) mass is 207 g/mol. The fraction of sp³-hybridized carbons (Fsp3) is 0.273. The van der Waals surface area contributed by atoms with Gasteiger partial charge in [-0.2, -0.15) is 0 Å². The van der Waals surface area contributed by atoms with Gasteiger partial charge in [0, 0.05) is 12.3 Å². The normalized spacial score (nSPS) is 9.60. The first-order valence-electron chi connectivity index (χ1n) is 4.67. The van der Waals surface area contributed by atoms with Crippen LogP contribution in [0, 0.1) is 0 Å². The van der Waals surface area contributed by atoms with Crippen molar-refractivity contribution in [2.24, 2.45) is 0 Å². The summed E-state index contributed by atoms with van der Waals surface area (Å²) < 4.78 is 5.28. The van der Waals surface area contributed by atoms with Gasteiger partial charge in [0.25, 0.3) is 0 Å². The van der Waals surface area contributed by atoms with Crippen LogP contribution in [0.5, 0.6) is 5.88 Å². The highest BCUT2D eigenvalue weighted by Crippen LogP contribution is 2.09. The molecule has 0 unspecified atom stereocenters. The molecule has 0 saturated heterocycles. The number of hydrogen-bond acceptors (Lipinski definition) is 3. The molecule has 1 rings (SSSR count). The minimum atomic E-state index is -0.978. The Kier molecular flexibility index (Phi) is 4.34. The van der Waals surface area contributed by atoms with Gasteiger partial charge in [-0.25, -0.2) is 9.78 Å². The second kappa shape index (κ2) is 5.80. The number of aromatic carboxylic acids is 1. The lowest BCUT2D eigenvalue weighted by molar-refractivity contribution is 0.0696. The lowest BCUT2D eigenvalue weighted by Crippen LogP contribution is -2.01. The van der Waals surface area contributed by atoms with Crippen LogP contribution in [0.4, 0.5) is 0 Å². The van der Waals surface area contributed by atoms with E-state index in [0.29, 0.717) is 12.5 Å². The van der Waals surface area contributed by atoms with E-state index in [1.54, 1.807) is 0 Å². The van der Waals surface area contributed by atoms with Crippen LogP contribution in [0.1, 0.15) is 23.2 Å². The molecule has 4 heteroatoms. The molecule has 0 aromatic carbocycles. The molecule has 0 radical (unpaired) electrons. The Bertz CT molecular complexity index is 349. The van der Waals surface area contributed by atoms with Gasteiger partial charge in [0.2, 0.25) is 5.88 Å². The lowest BCUT2D eigenvalue weighted by Gasteiger charge is -2.04. The Balaban J connectivity index is 2.50. The van der Waals surface area contributed by atoms with Crippen molar-refractivity contribution in [2.75, 3.05) is 6.61 Å². The molecule has 1 heterocycles. The number of hydrogen-bond donors (Lipinski definition) is 1. The molecule has 1 aromatic rings. The summed E-state index contributed by atoms with van der Waals surface area (Å²) in [5.41, 5.74) is 0.184. The topological polar surface area (TPSA) is 59.4 Å². The number of carboxylic acids is 1. The number of unbranched alkanes of at least 4 members (excludes halogenated alkanes) is 1. The van der Waals surface area contributed by atoms with Crippen molar-refractivity contribution in [3.05, 3.63) is 36.5 Å². The molecular formula is C11H13NO3. The Hall–Kier alpha value is -1.84. The Morgan fingerprint density at radius 2 is 2.47 bits per heavy atom. The summed E-state index contributed by atoms with van der Waals surface area (Å²) in [6.07, 6.45) is 4.96. The molecule has 1 aromatic heterocycles. The van der Waals surface area contributed by atoms with E-state index in [4.69, 9.17) is 9.84 Å². The fourth-order valence-corrected chi connectivity index (χ4v) is 1.03. The summed E-state index contributed by atoms with van der Waals surface area (Å²) in [5, 5.41) is 8.72. The van der Waals surface area contributed by atoms with Gasteiger partial charge >= 0.3 is 5.97 Å². The van der Waals surface area contributed by atoms with Crippen LogP contribution in [0.15, 0.2) is 31.0 Å². The third kappa shape index (κ3) is 3.81. The van der Waals surface area contributed by atoms with E-state index in [1.807, 2.05) is 6.08 Å². The van der Waals surface area contributed by atoms with E-state index in [-0.39, 0.29) is 5.56 Å². The minimum absolute atomic E-state index is 0.184. The molecule has 0 saturated carbocycles. The van der Waals surface area contributed by atoms with Crippen LogP contribution >= 0.6 is 0 Å². The van der Waals surface area contributed by atoms with Gasteiger partial charge in [-0.3, -0.25) is 0 Å². The number of ether oxygens (including phenoxy) is 1. The summed E-state index contributed by atoms with van der Waals surface area (Å²) in [6.45, 7) is 4.11. The fourth-order valence-electron chi connectivity index (χ4n) is 1.03. The van der Waals surface area contributed by atoms with Crippen LogP contribution in [0.25, 0.3) is 0 Å². The predicted molar refractivity (Wildman–Crippen MR) is 56.1 cm³/mol. The minimum Gasteiger partial charge on any atom is -0.478 e. The van der Waals surface area contributed by atoms with Crippen molar-refractivity contribution in [2.45, 2.75) is 12.8 Å². The Morgan fingerprint density at radius 3 is 3.13 bits per heavy atom. The number of allylic oxidation sites excluding steroid dienone is 1. The van der Waals surface area contributed by atoms with Gasteiger partial charge in [0.15, 0.2) is 0 Å². The second-order valence-corrected chi connectivity index (χ2v) is 2.97. The molecule has 0 aliphatic carbocycles. The van der Waals surface area contributed by atoms with Crippen molar-refractivity contribution in [3.8, 4) is 5.88 Å². The standard InChI is InChI=1S/C11H13NO3/c1-2-3-4-7-15-10-8-9(11(13)14)5-6-12-10/h2,5-6,8H,1,3-4,7H2,(H,13,14). The molecule has 0 aliphatic heterocycles. The van der Waals surface area contributed by atoms with Crippen molar-refractivity contribution in [1.29, 1.82) is 0 Å². The summed E-state index contributed by atoms with van der Waals surface area (Å²) in [5.74, 6) is -0.632. The first-order chi connectivity index (χ1) is 7.24. The Labute approximate surface area is 88.2 Å². The summed E-state index contributed by atoms with van der Waals surface area (Å²) in [6, 6.07) is 2.84. The average molecular weight is 207 g/mol. The van der Waals surface area contributed by atoms with E-state index in [9.17, 15) is 4.79 Å². The first-order valence-corrected chi connectivity index (χ1v) is 4.67. The third-order valence-electron chi connectivity index (χ3n) is 1.78. The largest absolute Gasteiger partial charge is 0.478 e. The smallest absolute Gasteiger partial charge is 0.335 e. The van der Waals surface area contributed by atoms with Gasteiger partial charge in [0.1, 0.15) is 0 Å². The number of carbonyl (C=O) groups is 1. The summed E-state index contributed by atoms with van der Waals surface area (Å²) >= 11 is 0. The highest BCUT2D eigenvalue weighted by Gasteiger charge is 2.04. The maximum atomic E-state index is 10.6. The number of pyridine rings is 1. The zero-order valence-electron chi connectivity index (χ0n) is 8.35. The van der Waals surface area contributed by atoms with Crippen LogP contribution in [0.3, 0.4) is 0 Å². The zero-order valence-corrected chi connectivity index (χ0v) is 8.35. The maximum absolute atomic E-state index is 10.6. The average Bonchev–Trinajstić information content (AvgIpc) is 2.25. The van der Waals surface area contributed by atoms with Gasteiger partial charge in [0.05, 0.1) is 12.2 Å². The van der Waals surface area contributed by atoms with Crippen molar-refractivity contribution >= 4 is 5.97 Å². The quantitative estimate of drug-likeness (QED) is 0.573. The van der Waals surface area contributed by atoms with Crippen LogP contribution in [-0.4, -0.2) is 22.7 Å². The molecule has 0 bridgehead atoms. The van der Waals surface area contributed by atoms with Crippen LogP contribution in [-0.2, 0) is 0 Å². The zero-order chi connectivity index (χ0) is 11.1. The highest BCUT2D eigenvalue weighted by molar-refractivity contribution is 5.87. The van der Waals surface area contributed by atoms with Gasteiger partial charge < -0.3 is 9.84 Å². The molecule has 15 heavy (non-hydrogen) atoms. The van der Waals surface area contributed by atoms with Crippen LogP contribution in [0.2, 0.25) is 0 Å². The molecule has 0 fully saturated rings. The van der Waals surface area contributed by atoms with Crippen molar-refractivity contribution < 1.29 is 14.6 Å². The highest BCUT2D eigenvalue weighted by atomic mass is 16.5. The summed E-state index contributed by atoms with van der Waals surface area (Å²) in [7, 11) is 0. The summed E-state index contributed by atoms with van der Waals surface area (Å²) in [4.78, 5) is 14.5. The maximum Gasteiger partial charge on any atom is 0.335 e. The van der Waals surface area contributed by atoms with Gasteiger partial charge in [-0.1, -0.05) is 6.08 Å². The molecular weight excluding hydrogens is 194 g/mol. The third-order valence-corrected chi connectivity index (χ3v) is 1.78. The van der Waals surface area contributed by atoms with Crippen molar-refractivity contribution in [3.63, 3.8) is 0 Å². The van der Waals surface area contributed by atoms with E-state index >= 15 is 0 Å². The molecule has 1 N–H and O–H groups in total. The second-order valence-electron chi connectivity index (χ2n) is 2.97. The van der Waals surface area contributed by atoms with E-state index in [0.717, 1.165) is 12.8 Å². The Morgan fingerprint density at radius 1 is 1.67 bits per heavy atom. The number of rotatable bonds is 6. The lowest BCUT2D eigenvalue weighted by atomic mass is 10.3. The SMILES string of the molecule is C=CCCCOc1cc(C(=O)O)ccn1. The first kappa shape index (κ1) is 11.2. The molecule has 4 nitrogen and oxygen atoms in total. The number of nitrogens with zero attached hydrogens (tertiary/aromatic N) is 1. The predicted octanol–water partition coefficient (Wildman–Crippen LogP) is 2.12. The van der Waals surface area contributed by atoms with E-state index < -0.39 is 5.97 Å². The van der Waals surface area contributed by atoms with Crippen LogP contribution < -0.4 is 4.74 Å². The molecule has 0 amide bonds. The number of carboxylic acid groups (broad SMARTS) is 1. The molecule has 0 aliphatic rings. The molecule has 80 valence electrons. The number of aromatic nitrogens is 1.